The van der Waals surface area contributed by atoms with Crippen LogP contribution in [-0.4, -0.2) is 13.1 Å². The minimum Gasteiger partial charge on any atom is -0.468 e. The van der Waals surface area contributed by atoms with Gasteiger partial charge >= 0.3 is 5.97 Å². The topological polar surface area (TPSA) is 26.3 Å². The number of hydrogen-bond acceptors (Lipinski definition) is 3. The van der Waals surface area contributed by atoms with E-state index in [1.165, 1.54) is 18.9 Å². The molecule has 98 valence electrons. The number of carbonyl (C=O) groups excluding carboxylic acids is 1. The third kappa shape index (κ3) is 3.61. The molecule has 0 aliphatic rings. The van der Waals surface area contributed by atoms with Crippen molar-refractivity contribution < 1.29 is 9.53 Å². The number of benzene rings is 2. The Morgan fingerprint density at radius 3 is 2.37 bits per heavy atom. The van der Waals surface area contributed by atoms with E-state index in [0.717, 1.165) is 14.9 Å². The molecule has 0 spiro atoms. The van der Waals surface area contributed by atoms with Crippen molar-refractivity contribution in [3.63, 3.8) is 0 Å². The number of esters is 1. The first-order chi connectivity index (χ1) is 9.22. The Bertz CT molecular complexity index is 557. The lowest BCUT2D eigenvalue weighted by Crippen LogP contribution is -2.11. The fraction of sp³-hybridized carbons (Fsp3) is 0.133. The maximum absolute atomic E-state index is 12.0. The largest absolute Gasteiger partial charge is 0.468 e. The van der Waals surface area contributed by atoms with E-state index in [0.29, 0.717) is 0 Å². The molecule has 0 aromatic heterocycles. The van der Waals surface area contributed by atoms with Crippen LogP contribution < -0.4 is 0 Å². The van der Waals surface area contributed by atoms with Crippen molar-refractivity contribution in [2.24, 2.45) is 0 Å². The average Bonchev–Trinajstić information content (AvgIpc) is 2.46. The molecule has 0 fully saturated rings. The Balaban J connectivity index is 2.30. The zero-order valence-corrected chi connectivity index (χ0v) is 12.8. The Hall–Kier alpha value is -1.26. The van der Waals surface area contributed by atoms with Crippen molar-refractivity contribution in [2.75, 3.05) is 7.11 Å². The molecule has 0 aliphatic heterocycles. The average molecular weight is 337 g/mol. The van der Waals surface area contributed by atoms with E-state index in [4.69, 9.17) is 4.74 Å². The van der Waals surface area contributed by atoms with Gasteiger partial charge in [0.25, 0.3) is 0 Å². The van der Waals surface area contributed by atoms with E-state index in [9.17, 15) is 4.79 Å². The Labute approximate surface area is 125 Å². The van der Waals surface area contributed by atoms with Gasteiger partial charge in [0, 0.05) is 9.37 Å². The molecule has 1 unspecified atom stereocenters. The van der Waals surface area contributed by atoms with Crippen LogP contribution in [0.15, 0.2) is 64.0 Å². The van der Waals surface area contributed by atoms with Crippen molar-refractivity contribution >= 4 is 33.7 Å². The number of ether oxygens (including phenoxy) is 1. The van der Waals surface area contributed by atoms with E-state index >= 15 is 0 Å². The first-order valence-electron chi connectivity index (χ1n) is 5.76. The summed E-state index contributed by atoms with van der Waals surface area (Å²) in [4.78, 5) is 13.0. The molecule has 0 N–H and O–H groups in total. The molecule has 0 radical (unpaired) electrons. The Kier molecular flexibility index (Phi) is 5.05. The minimum absolute atomic E-state index is 0.244. The van der Waals surface area contributed by atoms with Gasteiger partial charge in [0.15, 0.2) is 0 Å². The van der Waals surface area contributed by atoms with Gasteiger partial charge in [0.1, 0.15) is 5.25 Å². The molecule has 0 bridgehead atoms. The zero-order valence-electron chi connectivity index (χ0n) is 10.4. The first-order valence-corrected chi connectivity index (χ1v) is 7.43. The Morgan fingerprint density at radius 2 is 1.74 bits per heavy atom. The summed E-state index contributed by atoms with van der Waals surface area (Å²) in [5, 5.41) is -0.357. The lowest BCUT2D eigenvalue weighted by atomic mass is 10.1. The molecule has 0 heterocycles. The van der Waals surface area contributed by atoms with Crippen molar-refractivity contribution in [3.8, 4) is 0 Å². The number of thioether (sulfide) groups is 1. The predicted molar refractivity (Wildman–Crippen MR) is 81.2 cm³/mol. The van der Waals surface area contributed by atoms with Gasteiger partial charge in [-0.3, -0.25) is 4.79 Å². The SMILES string of the molecule is COC(=O)C(Sc1ccccc1Br)c1ccccc1. The molecule has 2 aromatic rings. The maximum Gasteiger partial charge on any atom is 0.323 e. The molecule has 19 heavy (non-hydrogen) atoms. The molecule has 2 nitrogen and oxygen atoms in total. The summed E-state index contributed by atoms with van der Waals surface area (Å²) < 4.78 is 5.88. The van der Waals surface area contributed by atoms with Crippen molar-refractivity contribution in [2.45, 2.75) is 10.1 Å². The van der Waals surface area contributed by atoms with Crippen molar-refractivity contribution in [1.29, 1.82) is 0 Å². The fourth-order valence-corrected chi connectivity index (χ4v) is 3.30. The van der Waals surface area contributed by atoms with Gasteiger partial charge in [-0.25, -0.2) is 0 Å². The van der Waals surface area contributed by atoms with Crippen LogP contribution in [-0.2, 0) is 9.53 Å². The molecular weight excluding hydrogens is 324 g/mol. The molecule has 0 amide bonds. The van der Waals surface area contributed by atoms with E-state index in [1.807, 2.05) is 54.6 Å². The second kappa shape index (κ2) is 6.78. The summed E-state index contributed by atoms with van der Waals surface area (Å²) in [6, 6.07) is 17.5. The molecule has 1 atom stereocenters. The fourth-order valence-electron chi connectivity index (χ4n) is 1.65. The van der Waals surface area contributed by atoms with E-state index in [-0.39, 0.29) is 11.2 Å². The van der Waals surface area contributed by atoms with Gasteiger partial charge in [-0.1, -0.05) is 42.5 Å². The number of halogens is 1. The first kappa shape index (κ1) is 14.2. The van der Waals surface area contributed by atoms with E-state index < -0.39 is 0 Å². The lowest BCUT2D eigenvalue weighted by Gasteiger charge is -2.15. The second-order valence-corrected chi connectivity index (χ2v) is 5.86. The van der Waals surface area contributed by atoms with Gasteiger partial charge in [-0.15, -0.1) is 11.8 Å². The molecule has 2 aromatic carbocycles. The summed E-state index contributed by atoms with van der Waals surface area (Å²) in [6.45, 7) is 0. The summed E-state index contributed by atoms with van der Waals surface area (Å²) in [5.74, 6) is -0.244. The highest BCUT2D eigenvalue weighted by atomic mass is 79.9. The zero-order chi connectivity index (χ0) is 13.7. The standard InChI is InChI=1S/C15H13BrO2S/c1-18-15(17)14(11-7-3-2-4-8-11)19-13-10-6-5-9-12(13)16/h2-10,14H,1H3. The van der Waals surface area contributed by atoms with Gasteiger partial charge < -0.3 is 4.74 Å². The monoisotopic (exact) mass is 336 g/mol. The Morgan fingerprint density at radius 1 is 1.11 bits per heavy atom. The molecule has 0 saturated heterocycles. The summed E-state index contributed by atoms with van der Waals surface area (Å²) in [7, 11) is 1.42. The highest BCUT2D eigenvalue weighted by Crippen LogP contribution is 2.39. The van der Waals surface area contributed by atoms with Crippen molar-refractivity contribution in [1.82, 2.24) is 0 Å². The van der Waals surface area contributed by atoms with Crippen LogP contribution in [0.25, 0.3) is 0 Å². The molecule has 4 heteroatoms. The highest BCUT2D eigenvalue weighted by molar-refractivity contribution is 9.10. The van der Waals surface area contributed by atoms with Gasteiger partial charge in [0.2, 0.25) is 0 Å². The van der Waals surface area contributed by atoms with Crippen LogP contribution in [0.4, 0.5) is 0 Å². The van der Waals surface area contributed by atoms with Crippen LogP contribution in [0, 0.1) is 0 Å². The molecule has 0 aliphatic carbocycles. The summed E-state index contributed by atoms with van der Waals surface area (Å²) in [5.41, 5.74) is 0.940. The summed E-state index contributed by atoms with van der Waals surface area (Å²) >= 11 is 4.98. The van der Waals surface area contributed by atoms with Crippen LogP contribution >= 0.6 is 27.7 Å². The minimum atomic E-state index is -0.357. The molecule has 2 rings (SSSR count). The van der Waals surface area contributed by atoms with Crippen molar-refractivity contribution in [3.05, 3.63) is 64.6 Å². The lowest BCUT2D eigenvalue weighted by molar-refractivity contribution is -0.140. The number of methoxy groups -OCH3 is 1. The van der Waals surface area contributed by atoms with E-state index in [1.54, 1.807) is 0 Å². The van der Waals surface area contributed by atoms with Gasteiger partial charge in [-0.05, 0) is 33.6 Å². The number of hydrogen-bond donors (Lipinski definition) is 0. The molecule has 0 saturated carbocycles. The van der Waals surface area contributed by atoms with Gasteiger partial charge in [-0.2, -0.15) is 0 Å². The summed E-state index contributed by atoms with van der Waals surface area (Å²) in [6.07, 6.45) is 0. The highest BCUT2D eigenvalue weighted by Gasteiger charge is 2.23. The van der Waals surface area contributed by atoms with Crippen LogP contribution in [0.2, 0.25) is 0 Å². The quantitative estimate of drug-likeness (QED) is 0.609. The molecular formula is C15H13BrO2S. The van der Waals surface area contributed by atoms with Crippen LogP contribution in [0.3, 0.4) is 0 Å². The van der Waals surface area contributed by atoms with Crippen LogP contribution in [0.5, 0.6) is 0 Å². The third-order valence-electron chi connectivity index (χ3n) is 2.60. The smallest absolute Gasteiger partial charge is 0.323 e. The number of rotatable bonds is 4. The second-order valence-electron chi connectivity index (χ2n) is 3.86. The maximum atomic E-state index is 12.0. The van der Waals surface area contributed by atoms with Gasteiger partial charge in [0.05, 0.1) is 7.11 Å². The third-order valence-corrected chi connectivity index (χ3v) is 4.86. The number of carbonyl (C=O) groups is 1. The predicted octanol–water partition coefficient (Wildman–Crippen LogP) is 4.46. The normalized spacial score (nSPS) is 11.9. The van der Waals surface area contributed by atoms with Crippen LogP contribution in [0.1, 0.15) is 10.8 Å². The van der Waals surface area contributed by atoms with E-state index in [2.05, 4.69) is 15.9 Å².